The molecule has 0 atom stereocenters. The zero-order valence-corrected chi connectivity index (χ0v) is 30.2. The summed E-state index contributed by atoms with van der Waals surface area (Å²) in [4.78, 5) is 19.8. The van der Waals surface area contributed by atoms with Gasteiger partial charge in [-0.15, -0.1) is 0 Å². The molecule has 0 aliphatic carbocycles. The summed E-state index contributed by atoms with van der Waals surface area (Å²) >= 11 is 0. The maximum Gasteiger partial charge on any atom is 0.164 e. The van der Waals surface area contributed by atoms with Crippen LogP contribution in [-0.4, -0.2) is 33.7 Å². The van der Waals surface area contributed by atoms with Gasteiger partial charge in [0.2, 0.25) is 0 Å². The minimum Gasteiger partial charge on any atom is -0.456 e. The van der Waals surface area contributed by atoms with E-state index in [0.29, 0.717) is 28.9 Å². The van der Waals surface area contributed by atoms with Gasteiger partial charge in [-0.05, 0) is 53.6 Å². The Morgan fingerprint density at radius 2 is 1.09 bits per heavy atom. The number of nitrogens with one attached hydrogen (secondary N) is 2. The molecule has 0 saturated heterocycles. The van der Waals surface area contributed by atoms with Crippen molar-refractivity contribution in [3.05, 3.63) is 175 Å². The van der Waals surface area contributed by atoms with Crippen molar-refractivity contribution in [1.82, 2.24) is 20.3 Å². The molecule has 266 valence electrons. The van der Waals surface area contributed by atoms with Gasteiger partial charge in [0.15, 0.2) is 23.3 Å². The Bertz CT molecular complexity index is 3150. The second-order valence-electron chi connectivity index (χ2n) is 13.5. The topological polar surface area (TPSA) is 113 Å². The first-order chi connectivity index (χ1) is 27.6. The van der Waals surface area contributed by atoms with E-state index in [1.54, 1.807) is 0 Å². The molecule has 0 aliphatic heterocycles. The van der Waals surface area contributed by atoms with Gasteiger partial charge < -0.3 is 14.2 Å². The van der Waals surface area contributed by atoms with Crippen LogP contribution in [0.15, 0.2) is 178 Å². The Hall–Kier alpha value is -7.71. The van der Waals surface area contributed by atoms with Crippen molar-refractivity contribution in [3.8, 4) is 45.3 Å². The van der Waals surface area contributed by atoms with E-state index in [4.69, 9.17) is 29.2 Å². The highest BCUT2D eigenvalue weighted by atomic mass is 16.3. The van der Waals surface area contributed by atoms with Crippen molar-refractivity contribution in [2.24, 2.45) is 4.99 Å². The van der Waals surface area contributed by atoms with Gasteiger partial charge in [0.05, 0.1) is 0 Å². The molecule has 0 spiro atoms. The van der Waals surface area contributed by atoms with Crippen LogP contribution in [0.2, 0.25) is 0 Å². The maximum atomic E-state index is 8.87. The lowest BCUT2D eigenvalue weighted by Crippen LogP contribution is -2.21. The molecular formula is C48H32N6O2. The number of hydrogen-bond donors (Lipinski definition) is 2. The normalized spacial score (nSPS) is 11.8. The first-order valence-corrected chi connectivity index (χ1v) is 18.3. The quantitative estimate of drug-likeness (QED) is 0.130. The first-order valence-electron chi connectivity index (χ1n) is 18.3. The molecule has 3 aromatic heterocycles. The molecule has 10 aromatic rings. The fraction of sp³-hybridized carbons (Fsp3) is 0.0208. The molecule has 0 amide bonds. The molecule has 0 aliphatic rings. The van der Waals surface area contributed by atoms with Gasteiger partial charge in [-0.3, -0.25) is 5.41 Å². The van der Waals surface area contributed by atoms with Gasteiger partial charge >= 0.3 is 0 Å². The lowest BCUT2D eigenvalue weighted by molar-refractivity contribution is 0.668. The largest absolute Gasteiger partial charge is 0.456 e. The Balaban J connectivity index is 1.09. The molecule has 7 aromatic carbocycles. The number of hydrogen-bond acceptors (Lipinski definition) is 6. The van der Waals surface area contributed by atoms with Crippen molar-refractivity contribution < 1.29 is 8.83 Å². The standard InChI is InChI=1S/C48H32N6O2/c1-50-45(29-12-4-2-5-13-29)51-44(49)33-17-10-16-31(26-33)32-23-25-40-38(27-32)43-37(19-11-21-41(43)55-40)48-53-46(30-14-6-3-7-15-30)52-47(54-48)34-22-24-36-35-18-8-9-20-39(35)56-42(36)28-34/h2-28H,1H3,(H2,49,50,51). The number of aliphatic imine (C=N–C) groups is 1. The van der Waals surface area contributed by atoms with Crippen molar-refractivity contribution in [1.29, 1.82) is 5.41 Å². The Labute approximate surface area is 321 Å². The number of nitrogens with zero attached hydrogens (tertiary/aromatic N) is 4. The molecule has 8 heteroatoms. The van der Waals surface area contributed by atoms with Crippen molar-refractivity contribution in [3.63, 3.8) is 0 Å². The summed E-state index contributed by atoms with van der Waals surface area (Å²) in [6, 6.07) is 54.0. The van der Waals surface area contributed by atoms with Crippen LogP contribution in [0.25, 0.3) is 89.2 Å². The minimum atomic E-state index is 0.163. The Morgan fingerprint density at radius 1 is 0.482 bits per heavy atom. The van der Waals surface area contributed by atoms with Crippen LogP contribution in [0.5, 0.6) is 0 Å². The number of aromatic nitrogens is 3. The number of benzene rings is 7. The number of fused-ring (bicyclic) bond motifs is 6. The second kappa shape index (κ2) is 13.6. The first kappa shape index (κ1) is 32.9. The molecule has 0 unspecified atom stereocenters. The molecule has 2 N–H and O–H groups in total. The van der Waals surface area contributed by atoms with E-state index in [9.17, 15) is 0 Å². The number of para-hydroxylation sites is 1. The average Bonchev–Trinajstić information content (AvgIpc) is 3.83. The third kappa shape index (κ3) is 5.86. The van der Waals surface area contributed by atoms with Crippen molar-refractivity contribution in [2.45, 2.75) is 0 Å². The zero-order chi connectivity index (χ0) is 37.6. The summed E-state index contributed by atoms with van der Waals surface area (Å²) in [5.41, 5.74) is 9.17. The summed E-state index contributed by atoms with van der Waals surface area (Å²) in [7, 11) is 1.82. The molecule has 3 heterocycles. The maximum absolute atomic E-state index is 8.87. The molecule has 0 radical (unpaired) electrons. The van der Waals surface area contributed by atoms with Crippen molar-refractivity contribution in [2.75, 3.05) is 7.05 Å². The molecule has 56 heavy (non-hydrogen) atoms. The van der Waals surface area contributed by atoms with Gasteiger partial charge in [-0.2, -0.15) is 0 Å². The predicted octanol–water partition coefficient (Wildman–Crippen LogP) is 11.3. The molecule has 0 saturated carbocycles. The Morgan fingerprint density at radius 3 is 1.93 bits per heavy atom. The summed E-state index contributed by atoms with van der Waals surface area (Å²) in [5, 5.41) is 15.9. The molecule has 0 fully saturated rings. The summed E-state index contributed by atoms with van der Waals surface area (Å²) in [6.07, 6.45) is 0. The lowest BCUT2D eigenvalue weighted by atomic mass is 9.99. The smallest absolute Gasteiger partial charge is 0.164 e. The molecule has 10 rings (SSSR count). The van der Waals surface area contributed by atoms with E-state index in [2.05, 4.69) is 28.5 Å². The van der Waals surface area contributed by atoms with E-state index in [-0.39, 0.29) is 5.84 Å². The van der Waals surface area contributed by atoms with Crippen LogP contribution in [0, 0.1) is 5.41 Å². The SMILES string of the molecule is CNC(=NC(=N)c1cccc(-c2ccc3oc4cccc(-c5nc(-c6ccccc6)nc(-c6ccc7c(c6)oc6ccccc67)n5)c4c3c2)c1)c1ccccc1. The van der Waals surface area contributed by atoms with Crippen LogP contribution in [0.3, 0.4) is 0 Å². The summed E-state index contributed by atoms with van der Waals surface area (Å²) in [6.45, 7) is 0. The number of rotatable bonds is 6. The fourth-order valence-electron chi connectivity index (χ4n) is 7.28. The van der Waals surface area contributed by atoms with E-state index in [0.717, 1.165) is 77.3 Å². The highest BCUT2D eigenvalue weighted by molar-refractivity contribution is 6.13. The summed E-state index contributed by atoms with van der Waals surface area (Å²) < 4.78 is 12.7. The van der Waals surface area contributed by atoms with E-state index >= 15 is 0 Å². The van der Waals surface area contributed by atoms with Gasteiger partial charge in [-0.1, -0.05) is 121 Å². The van der Waals surface area contributed by atoms with Crippen LogP contribution >= 0.6 is 0 Å². The monoisotopic (exact) mass is 724 g/mol. The highest BCUT2D eigenvalue weighted by Crippen LogP contribution is 2.39. The van der Waals surface area contributed by atoms with E-state index < -0.39 is 0 Å². The number of amidine groups is 2. The van der Waals surface area contributed by atoms with Gasteiger partial charge in [-0.25, -0.2) is 19.9 Å². The molecule has 8 nitrogen and oxygen atoms in total. The predicted molar refractivity (Wildman–Crippen MR) is 225 cm³/mol. The van der Waals surface area contributed by atoms with Crippen LogP contribution in [0.1, 0.15) is 11.1 Å². The van der Waals surface area contributed by atoms with E-state index in [1.807, 2.05) is 153 Å². The minimum absolute atomic E-state index is 0.163. The highest BCUT2D eigenvalue weighted by Gasteiger charge is 2.19. The van der Waals surface area contributed by atoms with Crippen LogP contribution in [-0.2, 0) is 0 Å². The Kier molecular flexibility index (Phi) is 8.00. The van der Waals surface area contributed by atoms with Gasteiger partial charge in [0, 0.05) is 56.4 Å². The number of furan rings is 2. The van der Waals surface area contributed by atoms with E-state index in [1.165, 1.54) is 0 Å². The van der Waals surface area contributed by atoms with Crippen molar-refractivity contribution >= 4 is 55.5 Å². The summed E-state index contributed by atoms with van der Waals surface area (Å²) in [5.74, 6) is 2.43. The second-order valence-corrected chi connectivity index (χ2v) is 13.5. The zero-order valence-electron chi connectivity index (χ0n) is 30.2. The lowest BCUT2D eigenvalue weighted by Gasteiger charge is -2.10. The fourth-order valence-corrected chi connectivity index (χ4v) is 7.28. The molecular weight excluding hydrogens is 693 g/mol. The van der Waals surface area contributed by atoms with Gasteiger partial charge in [0.25, 0.3) is 0 Å². The van der Waals surface area contributed by atoms with Gasteiger partial charge in [0.1, 0.15) is 28.2 Å². The third-order valence-corrected chi connectivity index (χ3v) is 10.0. The van der Waals surface area contributed by atoms with Crippen LogP contribution in [0.4, 0.5) is 0 Å². The average molecular weight is 725 g/mol. The third-order valence-electron chi connectivity index (χ3n) is 10.0. The van der Waals surface area contributed by atoms with Crippen LogP contribution < -0.4 is 5.32 Å². The molecule has 0 bridgehead atoms.